The van der Waals surface area contributed by atoms with Crippen LogP contribution >= 0.6 is 11.6 Å². The standard InChI is InChI=1S/C22H23ClN2O5/c23-17-6-7-19(18(12-17)22(28)29)24-20(26)13-30-14-21(27)25-10-8-16(9-11-25)15-4-2-1-3-5-15/h1-7,12,16H,8-11,13-14H2,(H,24,26)(H,28,29). The Bertz CT molecular complexity index is 911. The molecule has 0 saturated carbocycles. The number of hydrogen-bond donors (Lipinski definition) is 2. The molecule has 1 fully saturated rings. The van der Waals surface area contributed by atoms with Gasteiger partial charge in [-0.3, -0.25) is 9.59 Å². The Kier molecular flexibility index (Phi) is 7.43. The number of rotatable bonds is 7. The third kappa shape index (κ3) is 5.81. The Morgan fingerprint density at radius 2 is 1.77 bits per heavy atom. The number of nitrogens with zero attached hydrogens (tertiary/aromatic N) is 1. The molecule has 0 radical (unpaired) electrons. The first kappa shape index (κ1) is 21.8. The number of amides is 2. The summed E-state index contributed by atoms with van der Waals surface area (Å²) in [5.41, 5.74) is 1.29. The van der Waals surface area contributed by atoms with E-state index < -0.39 is 11.9 Å². The highest BCUT2D eigenvalue weighted by Gasteiger charge is 2.24. The second-order valence-corrected chi connectivity index (χ2v) is 7.54. The second kappa shape index (κ2) is 10.2. The topological polar surface area (TPSA) is 95.9 Å². The van der Waals surface area contributed by atoms with Crippen molar-refractivity contribution in [1.82, 2.24) is 4.90 Å². The highest BCUT2D eigenvalue weighted by Crippen LogP contribution is 2.27. The number of ether oxygens (including phenoxy) is 1. The molecule has 3 rings (SSSR count). The molecular weight excluding hydrogens is 408 g/mol. The first-order chi connectivity index (χ1) is 14.4. The average Bonchev–Trinajstić information content (AvgIpc) is 2.75. The summed E-state index contributed by atoms with van der Waals surface area (Å²) in [6, 6.07) is 14.4. The van der Waals surface area contributed by atoms with Crippen LogP contribution in [0.2, 0.25) is 5.02 Å². The second-order valence-electron chi connectivity index (χ2n) is 7.10. The minimum absolute atomic E-state index is 0.117. The number of piperidine rings is 1. The average molecular weight is 431 g/mol. The van der Waals surface area contributed by atoms with Gasteiger partial charge in [0.05, 0.1) is 11.3 Å². The maximum Gasteiger partial charge on any atom is 0.337 e. The summed E-state index contributed by atoms with van der Waals surface area (Å²) < 4.78 is 5.24. The smallest absolute Gasteiger partial charge is 0.337 e. The maximum absolute atomic E-state index is 12.3. The lowest BCUT2D eigenvalue weighted by Gasteiger charge is -2.32. The van der Waals surface area contributed by atoms with E-state index in [2.05, 4.69) is 17.4 Å². The fourth-order valence-electron chi connectivity index (χ4n) is 3.50. The van der Waals surface area contributed by atoms with Gasteiger partial charge in [-0.15, -0.1) is 0 Å². The van der Waals surface area contributed by atoms with Crippen LogP contribution in [0.25, 0.3) is 0 Å². The molecule has 2 aromatic rings. The number of anilines is 1. The van der Waals surface area contributed by atoms with Crippen molar-refractivity contribution in [3.05, 3.63) is 64.7 Å². The molecule has 0 aromatic heterocycles. The Hall–Kier alpha value is -2.90. The third-order valence-corrected chi connectivity index (χ3v) is 5.30. The normalized spacial score (nSPS) is 14.4. The van der Waals surface area contributed by atoms with Crippen molar-refractivity contribution in [2.45, 2.75) is 18.8 Å². The van der Waals surface area contributed by atoms with Crippen LogP contribution in [0.15, 0.2) is 48.5 Å². The number of carbonyl (C=O) groups excluding carboxylic acids is 2. The number of aromatic carboxylic acids is 1. The molecule has 2 amide bonds. The molecule has 0 unspecified atom stereocenters. The summed E-state index contributed by atoms with van der Waals surface area (Å²) in [7, 11) is 0. The number of hydrogen-bond acceptors (Lipinski definition) is 4. The Morgan fingerprint density at radius 3 is 2.43 bits per heavy atom. The maximum atomic E-state index is 12.3. The summed E-state index contributed by atoms with van der Waals surface area (Å²) in [6.07, 6.45) is 1.79. The molecule has 2 N–H and O–H groups in total. The summed E-state index contributed by atoms with van der Waals surface area (Å²) in [5, 5.41) is 11.9. The molecule has 1 aliphatic rings. The quantitative estimate of drug-likeness (QED) is 0.701. The number of likely N-dealkylation sites (tertiary alicyclic amines) is 1. The van der Waals surface area contributed by atoms with Crippen molar-refractivity contribution in [3.63, 3.8) is 0 Å². The highest BCUT2D eigenvalue weighted by atomic mass is 35.5. The molecule has 0 aliphatic carbocycles. The van der Waals surface area contributed by atoms with Gasteiger partial charge in [0.25, 0.3) is 0 Å². The largest absolute Gasteiger partial charge is 0.478 e. The SMILES string of the molecule is O=C(COCC(=O)N1CCC(c2ccccc2)CC1)Nc1ccc(Cl)cc1C(=O)O. The molecule has 158 valence electrons. The van der Waals surface area contributed by atoms with Crippen LogP contribution in [0, 0.1) is 0 Å². The fourth-order valence-corrected chi connectivity index (χ4v) is 3.67. The van der Waals surface area contributed by atoms with Crippen LogP contribution in [0.3, 0.4) is 0 Å². The van der Waals surface area contributed by atoms with Gasteiger partial charge < -0.3 is 20.1 Å². The van der Waals surface area contributed by atoms with Crippen LogP contribution in [0.5, 0.6) is 0 Å². The van der Waals surface area contributed by atoms with Gasteiger partial charge in [0, 0.05) is 18.1 Å². The molecule has 8 heteroatoms. The molecule has 1 aliphatic heterocycles. The lowest BCUT2D eigenvalue weighted by Crippen LogP contribution is -2.40. The molecule has 0 atom stereocenters. The van der Waals surface area contributed by atoms with Gasteiger partial charge in [-0.1, -0.05) is 41.9 Å². The van der Waals surface area contributed by atoms with Gasteiger partial charge >= 0.3 is 5.97 Å². The van der Waals surface area contributed by atoms with Crippen molar-refractivity contribution in [2.24, 2.45) is 0 Å². The monoisotopic (exact) mass is 430 g/mol. The highest BCUT2D eigenvalue weighted by molar-refractivity contribution is 6.31. The van der Waals surface area contributed by atoms with E-state index in [4.69, 9.17) is 16.3 Å². The van der Waals surface area contributed by atoms with Crippen LogP contribution in [0.4, 0.5) is 5.69 Å². The number of carboxylic acids is 1. The fraction of sp³-hybridized carbons (Fsp3) is 0.318. The van der Waals surface area contributed by atoms with E-state index in [-0.39, 0.29) is 35.4 Å². The third-order valence-electron chi connectivity index (χ3n) is 5.06. The van der Waals surface area contributed by atoms with Gasteiger partial charge in [-0.25, -0.2) is 4.79 Å². The van der Waals surface area contributed by atoms with Crippen molar-refractivity contribution in [1.29, 1.82) is 0 Å². The van der Waals surface area contributed by atoms with Crippen molar-refractivity contribution in [3.8, 4) is 0 Å². The Labute approximate surface area is 179 Å². The molecule has 7 nitrogen and oxygen atoms in total. The molecule has 0 spiro atoms. The number of benzene rings is 2. The van der Waals surface area contributed by atoms with Crippen LogP contribution in [0.1, 0.15) is 34.7 Å². The van der Waals surface area contributed by atoms with Gasteiger partial charge in [-0.05, 0) is 42.5 Å². The van der Waals surface area contributed by atoms with Crippen molar-refractivity contribution < 1.29 is 24.2 Å². The molecule has 1 saturated heterocycles. The van der Waals surface area contributed by atoms with Gasteiger partial charge in [0.1, 0.15) is 13.2 Å². The summed E-state index contributed by atoms with van der Waals surface area (Å²) in [5.74, 6) is -1.46. The molecule has 30 heavy (non-hydrogen) atoms. The van der Waals surface area contributed by atoms with E-state index in [1.807, 2.05) is 18.2 Å². The minimum atomic E-state index is -1.21. The lowest BCUT2D eigenvalue weighted by molar-refractivity contribution is -0.138. The van der Waals surface area contributed by atoms with E-state index in [0.29, 0.717) is 19.0 Å². The number of carbonyl (C=O) groups is 3. The van der Waals surface area contributed by atoms with Crippen molar-refractivity contribution in [2.75, 3.05) is 31.6 Å². The van der Waals surface area contributed by atoms with E-state index in [1.54, 1.807) is 4.90 Å². The molecular formula is C22H23ClN2O5. The Balaban J connectivity index is 1.42. The minimum Gasteiger partial charge on any atom is -0.478 e. The van der Waals surface area contributed by atoms with Gasteiger partial charge in [0.2, 0.25) is 11.8 Å². The Morgan fingerprint density at radius 1 is 1.07 bits per heavy atom. The zero-order valence-corrected chi connectivity index (χ0v) is 17.1. The van der Waals surface area contributed by atoms with Crippen LogP contribution in [-0.2, 0) is 14.3 Å². The van der Waals surface area contributed by atoms with Gasteiger partial charge in [0.15, 0.2) is 0 Å². The molecule has 2 aromatic carbocycles. The zero-order valence-electron chi connectivity index (χ0n) is 16.3. The number of nitrogens with one attached hydrogen (secondary N) is 1. The molecule has 0 bridgehead atoms. The van der Waals surface area contributed by atoms with E-state index in [1.165, 1.54) is 23.8 Å². The number of halogens is 1. The molecule has 1 heterocycles. The van der Waals surface area contributed by atoms with Crippen LogP contribution < -0.4 is 5.32 Å². The number of carboxylic acid groups (broad SMARTS) is 1. The summed E-state index contributed by atoms with van der Waals surface area (Å²) >= 11 is 5.79. The van der Waals surface area contributed by atoms with E-state index in [9.17, 15) is 19.5 Å². The van der Waals surface area contributed by atoms with E-state index >= 15 is 0 Å². The summed E-state index contributed by atoms with van der Waals surface area (Å²) in [4.78, 5) is 37.4. The first-order valence-corrected chi connectivity index (χ1v) is 10.0. The van der Waals surface area contributed by atoms with Crippen LogP contribution in [-0.4, -0.2) is 54.1 Å². The lowest BCUT2D eigenvalue weighted by atomic mass is 9.89. The van der Waals surface area contributed by atoms with Gasteiger partial charge in [-0.2, -0.15) is 0 Å². The predicted octanol–water partition coefficient (Wildman–Crippen LogP) is 3.40. The predicted molar refractivity (Wildman–Crippen MR) is 113 cm³/mol. The van der Waals surface area contributed by atoms with Crippen molar-refractivity contribution >= 4 is 35.1 Å². The zero-order chi connectivity index (χ0) is 21.5. The van der Waals surface area contributed by atoms with E-state index in [0.717, 1.165) is 12.8 Å². The first-order valence-electron chi connectivity index (χ1n) is 9.67. The summed E-state index contributed by atoms with van der Waals surface area (Å²) in [6.45, 7) is 0.755.